The Bertz CT molecular complexity index is 925. The van der Waals surface area contributed by atoms with Crippen molar-refractivity contribution >= 4 is 5.96 Å². The Morgan fingerprint density at radius 3 is 2.41 bits per heavy atom. The van der Waals surface area contributed by atoms with Crippen molar-refractivity contribution < 1.29 is 0 Å². The fourth-order valence-corrected chi connectivity index (χ4v) is 3.15. The van der Waals surface area contributed by atoms with E-state index in [2.05, 4.69) is 65.9 Å². The number of aliphatic imine (C=N–C) groups is 1. The Morgan fingerprint density at radius 1 is 0.963 bits per heavy atom. The molecule has 2 N–H and O–H groups in total. The highest BCUT2D eigenvalue weighted by Gasteiger charge is 2.13. The average molecular weight is 361 g/mol. The molecule has 0 saturated carbocycles. The molecule has 3 aromatic rings. The Morgan fingerprint density at radius 2 is 1.70 bits per heavy atom. The lowest BCUT2D eigenvalue weighted by molar-refractivity contribution is 0.800. The van der Waals surface area contributed by atoms with Crippen molar-refractivity contribution in [2.75, 3.05) is 7.05 Å². The molecule has 0 unspecified atom stereocenters. The molecule has 1 aromatic heterocycles. The standard InChI is InChI=1S/C22H27N5/c1-16-9-8-10-19(13-16)14-24-22(23-4)25-15-21-17(2)26-27(18(21)3)20-11-6-5-7-12-20/h5-13H,14-15H2,1-4H3,(H2,23,24,25). The fraction of sp³-hybridized carbons (Fsp3) is 0.273. The maximum absolute atomic E-state index is 4.70. The second-order valence-corrected chi connectivity index (χ2v) is 6.67. The zero-order valence-corrected chi connectivity index (χ0v) is 16.5. The molecule has 0 aliphatic rings. The van der Waals surface area contributed by atoms with E-state index in [-0.39, 0.29) is 0 Å². The molecule has 0 bridgehead atoms. The summed E-state index contributed by atoms with van der Waals surface area (Å²) in [6.07, 6.45) is 0. The highest BCUT2D eigenvalue weighted by Crippen LogP contribution is 2.17. The molecule has 0 saturated heterocycles. The third-order valence-corrected chi connectivity index (χ3v) is 4.64. The van der Waals surface area contributed by atoms with Gasteiger partial charge in [-0.2, -0.15) is 5.10 Å². The molecule has 5 heteroatoms. The molecule has 2 aromatic carbocycles. The highest BCUT2D eigenvalue weighted by molar-refractivity contribution is 5.79. The minimum absolute atomic E-state index is 0.679. The van der Waals surface area contributed by atoms with Crippen LogP contribution in [0.15, 0.2) is 59.6 Å². The predicted octanol–water partition coefficient (Wildman–Crippen LogP) is 3.66. The lowest BCUT2D eigenvalue weighted by atomic mass is 10.1. The van der Waals surface area contributed by atoms with Gasteiger partial charge in [-0.15, -0.1) is 0 Å². The van der Waals surface area contributed by atoms with Crippen LogP contribution in [-0.4, -0.2) is 22.8 Å². The van der Waals surface area contributed by atoms with Crippen LogP contribution in [0.5, 0.6) is 0 Å². The summed E-state index contributed by atoms with van der Waals surface area (Å²) in [7, 11) is 1.79. The normalized spacial score (nSPS) is 11.5. The molecule has 3 rings (SSSR count). The Kier molecular flexibility index (Phi) is 5.91. The number of rotatable bonds is 5. The molecule has 1 heterocycles. The van der Waals surface area contributed by atoms with Crippen LogP contribution in [-0.2, 0) is 13.1 Å². The van der Waals surface area contributed by atoms with Crippen LogP contribution in [0.3, 0.4) is 0 Å². The van der Waals surface area contributed by atoms with Crippen molar-refractivity contribution in [3.63, 3.8) is 0 Å². The fourth-order valence-electron chi connectivity index (χ4n) is 3.15. The van der Waals surface area contributed by atoms with Crippen LogP contribution in [0.2, 0.25) is 0 Å². The molecule has 0 amide bonds. The predicted molar refractivity (Wildman–Crippen MR) is 111 cm³/mol. The molecular weight excluding hydrogens is 334 g/mol. The van der Waals surface area contributed by atoms with E-state index >= 15 is 0 Å². The van der Waals surface area contributed by atoms with Gasteiger partial charge in [0, 0.05) is 31.4 Å². The molecule has 0 atom stereocenters. The van der Waals surface area contributed by atoms with Gasteiger partial charge < -0.3 is 10.6 Å². The third kappa shape index (κ3) is 4.56. The Labute approximate surface area is 161 Å². The van der Waals surface area contributed by atoms with E-state index in [0.717, 1.165) is 29.6 Å². The minimum Gasteiger partial charge on any atom is -0.352 e. The highest BCUT2D eigenvalue weighted by atomic mass is 15.3. The number of para-hydroxylation sites is 1. The van der Waals surface area contributed by atoms with Crippen LogP contribution in [0, 0.1) is 20.8 Å². The summed E-state index contributed by atoms with van der Waals surface area (Å²) in [5.41, 5.74) is 6.93. The maximum Gasteiger partial charge on any atom is 0.191 e. The van der Waals surface area contributed by atoms with Crippen LogP contribution in [0.4, 0.5) is 0 Å². The van der Waals surface area contributed by atoms with Gasteiger partial charge in [0.1, 0.15) is 0 Å². The van der Waals surface area contributed by atoms with Crippen molar-refractivity contribution in [1.29, 1.82) is 0 Å². The SMILES string of the molecule is CN=C(NCc1cccc(C)c1)NCc1c(C)nn(-c2ccccc2)c1C. The maximum atomic E-state index is 4.70. The van der Waals surface area contributed by atoms with Crippen LogP contribution in [0.1, 0.15) is 28.1 Å². The number of aromatic nitrogens is 2. The van der Waals surface area contributed by atoms with Crippen molar-refractivity contribution in [2.45, 2.75) is 33.9 Å². The van der Waals surface area contributed by atoms with Gasteiger partial charge in [0.05, 0.1) is 11.4 Å². The molecule has 140 valence electrons. The van der Waals surface area contributed by atoms with Gasteiger partial charge in [-0.05, 0) is 38.5 Å². The van der Waals surface area contributed by atoms with Gasteiger partial charge in [0.2, 0.25) is 0 Å². The first kappa shape index (κ1) is 18.7. The molecule has 0 aliphatic heterocycles. The van der Waals surface area contributed by atoms with Gasteiger partial charge in [-0.25, -0.2) is 4.68 Å². The van der Waals surface area contributed by atoms with E-state index in [1.807, 2.05) is 29.8 Å². The van der Waals surface area contributed by atoms with Crippen molar-refractivity contribution in [3.05, 3.63) is 82.7 Å². The first-order valence-corrected chi connectivity index (χ1v) is 9.19. The van der Waals surface area contributed by atoms with Gasteiger partial charge in [0.15, 0.2) is 5.96 Å². The summed E-state index contributed by atoms with van der Waals surface area (Å²) in [6.45, 7) is 7.67. The summed E-state index contributed by atoms with van der Waals surface area (Å²) in [6, 6.07) is 18.7. The van der Waals surface area contributed by atoms with E-state index < -0.39 is 0 Å². The Balaban J connectivity index is 1.66. The van der Waals surface area contributed by atoms with Crippen molar-refractivity contribution in [3.8, 4) is 5.69 Å². The Hall–Kier alpha value is -3.08. The summed E-state index contributed by atoms with van der Waals surface area (Å²) >= 11 is 0. The second kappa shape index (κ2) is 8.54. The number of aryl methyl sites for hydroxylation is 2. The van der Waals surface area contributed by atoms with Gasteiger partial charge in [-0.1, -0.05) is 48.0 Å². The lowest BCUT2D eigenvalue weighted by Gasteiger charge is -2.13. The molecule has 0 spiro atoms. The van der Waals surface area contributed by atoms with E-state index in [4.69, 9.17) is 5.10 Å². The molecular formula is C22H27N5. The topological polar surface area (TPSA) is 54.2 Å². The van der Waals surface area contributed by atoms with Crippen molar-refractivity contribution in [2.24, 2.45) is 4.99 Å². The number of guanidine groups is 1. The first-order valence-electron chi connectivity index (χ1n) is 9.19. The second-order valence-electron chi connectivity index (χ2n) is 6.67. The lowest BCUT2D eigenvalue weighted by Crippen LogP contribution is -2.36. The van der Waals surface area contributed by atoms with Gasteiger partial charge in [-0.3, -0.25) is 4.99 Å². The monoisotopic (exact) mass is 361 g/mol. The van der Waals surface area contributed by atoms with Crippen molar-refractivity contribution in [1.82, 2.24) is 20.4 Å². The molecule has 0 radical (unpaired) electrons. The number of nitrogens with zero attached hydrogens (tertiary/aromatic N) is 3. The van der Waals surface area contributed by atoms with Gasteiger partial charge >= 0.3 is 0 Å². The molecule has 0 fully saturated rings. The quantitative estimate of drug-likeness (QED) is 0.539. The van der Waals surface area contributed by atoms with E-state index in [9.17, 15) is 0 Å². The zero-order valence-electron chi connectivity index (χ0n) is 16.5. The first-order chi connectivity index (χ1) is 13.1. The van der Waals surface area contributed by atoms with Crippen LogP contribution >= 0.6 is 0 Å². The van der Waals surface area contributed by atoms with Crippen LogP contribution in [0.25, 0.3) is 5.69 Å². The smallest absolute Gasteiger partial charge is 0.191 e. The number of hydrogen-bond acceptors (Lipinski definition) is 2. The average Bonchev–Trinajstić information content (AvgIpc) is 2.97. The summed E-state index contributed by atoms with van der Waals surface area (Å²) < 4.78 is 2.00. The minimum atomic E-state index is 0.679. The summed E-state index contributed by atoms with van der Waals surface area (Å²) in [5, 5.41) is 11.5. The molecule has 27 heavy (non-hydrogen) atoms. The summed E-state index contributed by atoms with van der Waals surface area (Å²) in [4.78, 5) is 4.33. The summed E-state index contributed by atoms with van der Waals surface area (Å²) in [5.74, 6) is 0.780. The van der Waals surface area contributed by atoms with Gasteiger partial charge in [0.25, 0.3) is 0 Å². The van der Waals surface area contributed by atoms with E-state index in [1.54, 1.807) is 7.05 Å². The van der Waals surface area contributed by atoms with E-state index in [0.29, 0.717) is 6.54 Å². The van der Waals surface area contributed by atoms with Crippen LogP contribution < -0.4 is 10.6 Å². The zero-order chi connectivity index (χ0) is 19.2. The molecule has 0 aliphatic carbocycles. The molecule has 5 nitrogen and oxygen atoms in total. The largest absolute Gasteiger partial charge is 0.352 e. The van der Waals surface area contributed by atoms with E-state index in [1.165, 1.54) is 16.7 Å². The number of hydrogen-bond donors (Lipinski definition) is 2. The third-order valence-electron chi connectivity index (χ3n) is 4.64. The number of nitrogens with one attached hydrogen (secondary N) is 2. The number of benzene rings is 2.